The Balaban J connectivity index is 1.76. The van der Waals surface area contributed by atoms with Crippen LogP contribution in [0, 0.1) is 17.1 Å². The molecule has 0 unspecified atom stereocenters. The number of hydrogen-bond acceptors (Lipinski definition) is 4. The fourth-order valence-corrected chi connectivity index (χ4v) is 2.41. The van der Waals surface area contributed by atoms with E-state index >= 15 is 0 Å². The zero-order valence-electron chi connectivity index (χ0n) is 13.3. The molecule has 1 heterocycles. The number of nitriles is 1. The van der Waals surface area contributed by atoms with E-state index in [1.54, 1.807) is 36.4 Å². The van der Waals surface area contributed by atoms with Gasteiger partial charge in [0, 0.05) is 23.1 Å². The van der Waals surface area contributed by atoms with Crippen molar-refractivity contribution in [3.63, 3.8) is 0 Å². The molecule has 2 aromatic carbocycles. The minimum Gasteiger partial charge on any atom is -0.340 e. The number of anilines is 3. The number of aromatic nitrogens is 1. The number of nitrogens with one attached hydrogen (secondary N) is 2. The molecule has 7 heteroatoms. The first-order chi connectivity index (χ1) is 12.5. The second kappa shape index (κ2) is 7.64. The fourth-order valence-electron chi connectivity index (χ4n) is 2.23. The van der Waals surface area contributed by atoms with Gasteiger partial charge in [0.2, 0.25) is 0 Å². The molecule has 0 saturated heterocycles. The third-order valence-electron chi connectivity index (χ3n) is 3.46. The molecule has 1 aromatic heterocycles. The van der Waals surface area contributed by atoms with Crippen molar-refractivity contribution in [2.75, 3.05) is 10.6 Å². The molecule has 26 heavy (non-hydrogen) atoms. The van der Waals surface area contributed by atoms with E-state index in [-0.39, 0.29) is 10.9 Å². The molecule has 3 rings (SSSR count). The second-order valence-electron chi connectivity index (χ2n) is 5.33. The predicted molar refractivity (Wildman–Crippen MR) is 98.0 cm³/mol. The van der Waals surface area contributed by atoms with Crippen LogP contribution in [0.4, 0.5) is 21.6 Å². The van der Waals surface area contributed by atoms with Gasteiger partial charge in [-0.25, -0.2) is 9.37 Å². The molecular formula is C19H12ClFN4O. The fraction of sp³-hybridized carbons (Fsp3) is 0. The summed E-state index contributed by atoms with van der Waals surface area (Å²) in [5, 5.41) is 14.6. The summed E-state index contributed by atoms with van der Waals surface area (Å²) < 4.78 is 13.2. The number of halogens is 2. The highest BCUT2D eigenvalue weighted by Crippen LogP contribution is 2.21. The molecule has 5 nitrogen and oxygen atoms in total. The summed E-state index contributed by atoms with van der Waals surface area (Å²) in [6.07, 6.45) is 1.49. The van der Waals surface area contributed by atoms with E-state index in [1.165, 1.54) is 24.4 Å². The van der Waals surface area contributed by atoms with Crippen LogP contribution >= 0.6 is 11.6 Å². The van der Waals surface area contributed by atoms with Gasteiger partial charge in [0.05, 0.1) is 16.7 Å². The van der Waals surface area contributed by atoms with Crippen LogP contribution in [0.3, 0.4) is 0 Å². The maximum absolute atomic E-state index is 13.2. The number of benzene rings is 2. The van der Waals surface area contributed by atoms with Gasteiger partial charge in [0.1, 0.15) is 11.6 Å². The Morgan fingerprint density at radius 3 is 2.73 bits per heavy atom. The molecule has 128 valence electrons. The van der Waals surface area contributed by atoms with E-state index in [2.05, 4.69) is 21.7 Å². The summed E-state index contributed by atoms with van der Waals surface area (Å²) in [7, 11) is 0. The standard InChI is InChI=1S/C19H12ClFN4O/c20-16-10-15(4-5-17(16)21)25-19(26)13-6-7-23-18(9-13)24-14-3-1-2-12(8-14)11-22/h1-10H,(H,23,24)(H,25,26). The normalized spacial score (nSPS) is 10.0. The van der Waals surface area contributed by atoms with E-state index in [0.717, 1.165) is 0 Å². The maximum atomic E-state index is 13.2. The van der Waals surface area contributed by atoms with Gasteiger partial charge in [-0.05, 0) is 48.5 Å². The zero-order valence-corrected chi connectivity index (χ0v) is 14.1. The largest absolute Gasteiger partial charge is 0.340 e. The number of amides is 1. The summed E-state index contributed by atoms with van der Waals surface area (Å²) in [5.74, 6) is -0.492. The zero-order chi connectivity index (χ0) is 18.5. The van der Waals surface area contributed by atoms with Crippen LogP contribution in [0.15, 0.2) is 60.8 Å². The number of hydrogen-bond donors (Lipinski definition) is 2. The van der Waals surface area contributed by atoms with Gasteiger partial charge in [0.15, 0.2) is 0 Å². The first kappa shape index (κ1) is 17.4. The SMILES string of the molecule is N#Cc1cccc(Nc2cc(C(=O)Nc3ccc(F)c(Cl)c3)ccn2)c1. The first-order valence-electron chi connectivity index (χ1n) is 7.55. The van der Waals surface area contributed by atoms with Crippen molar-refractivity contribution in [2.24, 2.45) is 0 Å². The number of nitrogens with zero attached hydrogens (tertiary/aromatic N) is 2. The molecule has 0 radical (unpaired) electrons. The Bertz CT molecular complexity index is 1020. The average molecular weight is 367 g/mol. The Morgan fingerprint density at radius 2 is 1.96 bits per heavy atom. The van der Waals surface area contributed by atoms with E-state index in [1.807, 2.05) is 0 Å². The lowest BCUT2D eigenvalue weighted by atomic mass is 10.2. The van der Waals surface area contributed by atoms with Gasteiger partial charge in [-0.15, -0.1) is 0 Å². The van der Waals surface area contributed by atoms with E-state index in [4.69, 9.17) is 16.9 Å². The quantitative estimate of drug-likeness (QED) is 0.699. The van der Waals surface area contributed by atoms with Gasteiger partial charge in [-0.3, -0.25) is 4.79 Å². The Morgan fingerprint density at radius 1 is 1.12 bits per heavy atom. The molecule has 0 fully saturated rings. The third kappa shape index (κ3) is 4.15. The monoisotopic (exact) mass is 366 g/mol. The molecule has 0 bridgehead atoms. The van der Waals surface area contributed by atoms with Crippen LogP contribution in [0.2, 0.25) is 5.02 Å². The van der Waals surface area contributed by atoms with Crippen LogP contribution in [-0.4, -0.2) is 10.9 Å². The van der Waals surface area contributed by atoms with E-state index < -0.39 is 5.82 Å². The minimum atomic E-state index is -0.556. The Labute approximate surface area is 154 Å². The molecule has 3 aromatic rings. The van der Waals surface area contributed by atoms with Crippen LogP contribution in [0.5, 0.6) is 0 Å². The Kier molecular flexibility index (Phi) is 5.11. The van der Waals surface area contributed by atoms with Crippen molar-refractivity contribution in [2.45, 2.75) is 0 Å². The highest BCUT2D eigenvalue weighted by molar-refractivity contribution is 6.31. The van der Waals surface area contributed by atoms with Crippen LogP contribution < -0.4 is 10.6 Å². The Hall–Kier alpha value is -3.43. The van der Waals surface area contributed by atoms with Crippen molar-refractivity contribution >= 4 is 34.7 Å². The minimum absolute atomic E-state index is 0.0720. The number of pyridine rings is 1. The molecule has 1 amide bonds. The third-order valence-corrected chi connectivity index (χ3v) is 3.75. The average Bonchev–Trinajstić information content (AvgIpc) is 2.65. The van der Waals surface area contributed by atoms with Crippen molar-refractivity contribution in [1.29, 1.82) is 5.26 Å². The van der Waals surface area contributed by atoms with Gasteiger partial charge in [-0.2, -0.15) is 5.26 Å². The van der Waals surface area contributed by atoms with E-state index in [0.29, 0.717) is 28.3 Å². The summed E-state index contributed by atoms with van der Waals surface area (Å²) in [5.41, 5.74) is 1.94. The summed E-state index contributed by atoms with van der Waals surface area (Å²) in [6.45, 7) is 0. The smallest absolute Gasteiger partial charge is 0.255 e. The number of rotatable bonds is 4. The number of carbonyl (C=O) groups excluding carboxylic acids is 1. The van der Waals surface area contributed by atoms with Crippen LogP contribution in [0.1, 0.15) is 15.9 Å². The lowest BCUT2D eigenvalue weighted by molar-refractivity contribution is 0.102. The second-order valence-corrected chi connectivity index (χ2v) is 5.74. The van der Waals surface area contributed by atoms with Gasteiger partial charge in [-0.1, -0.05) is 17.7 Å². The maximum Gasteiger partial charge on any atom is 0.255 e. The van der Waals surface area contributed by atoms with Crippen LogP contribution in [-0.2, 0) is 0 Å². The van der Waals surface area contributed by atoms with Crippen molar-refractivity contribution in [3.8, 4) is 6.07 Å². The lowest BCUT2D eigenvalue weighted by Gasteiger charge is -2.09. The van der Waals surface area contributed by atoms with Gasteiger partial charge >= 0.3 is 0 Å². The number of carbonyl (C=O) groups is 1. The predicted octanol–water partition coefficient (Wildman–Crippen LogP) is 4.74. The molecular weight excluding hydrogens is 355 g/mol. The summed E-state index contributed by atoms with van der Waals surface area (Å²) in [6, 6.07) is 16.0. The van der Waals surface area contributed by atoms with Gasteiger partial charge < -0.3 is 10.6 Å². The topological polar surface area (TPSA) is 77.8 Å². The highest BCUT2D eigenvalue weighted by atomic mass is 35.5. The summed E-state index contributed by atoms with van der Waals surface area (Å²) >= 11 is 5.71. The molecule has 0 saturated carbocycles. The van der Waals surface area contributed by atoms with Crippen molar-refractivity contribution in [3.05, 3.63) is 82.8 Å². The van der Waals surface area contributed by atoms with Crippen molar-refractivity contribution < 1.29 is 9.18 Å². The molecule has 0 aliphatic rings. The molecule has 0 aliphatic carbocycles. The summed E-state index contributed by atoms with van der Waals surface area (Å²) in [4.78, 5) is 16.5. The first-order valence-corrected chi connectivity index (χ1v) is 7.92. The van der Waals surface area contributed by atoms with Gasteiger partial charge in [0.25, 0.3) is 5.91 Å². The van der Waals surface area contributed by atoms with Crippen LogP contribution in [0.25, 0.3) is 0 Å². The molecule has 0 aliphatic heterocycles. The highest BCUT2D eigenvalue weighted by Gasteiger charge is 2.09. The van der Waals surface area contributed by atoms with E-state index in [9.17, 15) is 9.18 Å². The molecule has 0 spiro atoms. The van der Waals surface area contributed by atoms with Crippen molar-refractivity contribution in [1.82, 2.24) is 4.98 Å². The molecule has 2 N–H and O–H groups in total. The molecule has 0 atom stereocenters. The lowest BCUT2D eigenvalue weighted by Crippen LogP contribution is -2.12.